The summed E-state index contributed by atoms with van der Waals surface area (Å²) in [5.41, 5.74) is 0. The van der Waals surface area contributed by atoms with Crippen molar-refractivity contribution < 1.29 is 9.59 Å². The molecule has 3 rings (SSSR count). The first-order valence-electron chi connectivity index (χ1n) is 5.01. The van der Waals surface area contributed by atoms with Crippen LogP contribution in [0.15, 0.2) is 0 Å². The van der Waals surface area contributed by atoms with Crippen molar-refractivity contribution >= 4 is 11.8 Å². The Kier molecular flexibility index (Phi) is 1.24. The van der Waals surface area contributed by atoms with E-state index >= 15 is 0 Å². The molecule has 70 valence electrons. The summed E-state index contributed by atoms with van der Waals surface area (Å²) in [5, 5.41) is 0. The molecule has 13 heavy (non-hydrogen) atoms. The van der Waals surface area contributed by atoms with Crippen LogP contribution in [0.25, 0.3) is 0 Å². The van der Waals surface area contributed by atoms with Gasteiger partial charge in [0.2, 0.25) is 11.8 Å². The van der Waals surface area contributed by atoms with E-state index in [1.807, 2.05) is 0 Å². The summed E-state index contributed by atoms with van der Waals surface area (Å²) in [6.45, 7) is 0. The van der Waals surface area contributed by atoms with Crippen LogP contribution in [-0.4, -0.2) is 23.8 Å². The number of hydrogen-bond acceptors (Lipinski definition) is 2. The summed E-state index contributed by atoms with van der Waals surface area (Å²) < 4.78 is 0. The first-order valence-corrected chi connectivity index (χ1v) is 5.01. The van der Waals surface area contributed by atoms with Gasteiger partial charge in [-0.2, -0.15) is 0 Å². The molecule has 0 spiro atoms. The first kappa shape index (κ1) is 7.54. The van der Waals surface area contributed by atoms with Gasteiger partial charge in [-0.05, 0) is 31.1 Å². The summed E-state index contributed by atoms with van der Waals surface area (Å²) in [6.07, 6.45) is 3.46. The molecular weight excluding hydrogens is 166 g/mol. The van der Waals surface area contributed by atoms with E-state index in [0.29, 0.717) is 11.8 Å². The minimum Gasteiger partial charge on any atom is -0.285 e. The predicted molar refractivity (Wildman–Crippen MR) is 45.6 cm³/mol. The number of likely N-dealkylation sites (tertiary alicyclic amines) is 1. The quantitative estimate of drug-likeness (QED) is 0.512. The molecule has 0 aromatic carbocycles. The van der Waals surface area contributed by atoms with Crippen LogP contribution in [0, 0.1) is 23.7 Å². The molecule has 2 bridgehead atoms. The third-order valence-corrected chi connectivity index (χ3v) is 4.15. The van der Waals surface area contributed by atoms with Gasteiger partial charge >= 0.3 is 0 Å². The van der Waals surface area contributed by atoms with Crippen molar-refractivity contribution in [3.05, 3.63) is 0 Å². The molecule has 3 aliphatic rings. The van der Waals surface area contributed by atoms with Gasteiger partial charge < -0.3 is 0 Å². The third kappa shape index (κ3) is 0.713. The van der Waals surface area contributed by atoms with Crippen molar-refractivity contribution in [3.8, 4) is 0 Å². The molecule has 2 unspecified atom stereocenters. The average molecular weight is 179 g/mol. The van der Waals surface area contributed by atoms with E-state index in [0.717, 1.165) is 6.42 Å². The van der Waals surface area contributed by atoms with Gasteiger partial charge in [0, 0.05) is 7.05 Å². The summed E-state index contributed by atoms with van der Waals surface area (Å²) in [5.74, 6) is 1.35. The smallest absolute Gasteiger partial charge is 0.233 e. The highest BCUT2D eigenvalue weighted by Gasteiger charge is 2.59. The highest BCUT2D eigenvalue weighted by Crippen LogP contribution is 2.55. The number of imide groups is 1. The van der Waals surface area contributed by atoms with Crippen molar-refractivity contribution in [2.75, 3.05) is 7.05 Å². The van der Waals surface area contributed by atoms with Crippen LogP contribution < -0.4 is 0 Å². The lowest BCUT2D eigenvalue weighted by molar-refractivity contribution is -0.139. The first-order chi connectivity index (χ1) is 6.20. The standard InChI is InChI=1S/C10H13NO2/c1-11-9(12)7-5-2-3-6(4-5)8(7)10(11)13/h5-8H,2-4H2,1H3/t5-,6+,7?,8?. The van der Waals surface area contributed by atoms with E-state index in [4.69, 9.17) is 0 Å². The Morgan fingerprint density at radius 1 is 1.08 bits per heavy atom. The number of rotatable bonds is 0. The van der Waals surface area contributed by atoms with Gasteiger partial charge in [-0.1, -0.05) is 0 Å². The summed E-state index contributed by atoms with van der Waals surface area (Å²) in [7, 11) is 1.63. The van der Waals surface area contributed by atoms with Crippen molar-refractivity contribution in [3.63, 3.8) is 0 Å². The molecule has 3 heteroatoms. The molecule has 2 amide bonds. The van der Waals surface area contributed by atoms with E-state index in [1.165, 1.54) is 17.7 Å². The van der Waals surface area contributed by atoms with E-state index in [1.54, 1.807) is 7.05 Å². The zero-order chi connectivity index (χ0) is 9.16. The molecule has 1 heterocycles. The molecule has 1 aliphatic heterocycles. The molecule has 4 atom stereocenters. The van der Waals surface area contributed by atoms with Gasteiger partial charge in [0.15, 0.2) is 0 Å². The van der Waals surface area contributed by atoms with Crippen molar-refractivity contribution in [1.82, 2.24) is 4.90 Å². The van der Waals surface area contributed by atoms with Crippen molar-refractivity contribution in [2.45, 2.75) is 19.3 Å². The lowest BCUT2D eigenvalue weighted by Gasteiger charge is -2.19. The van der Waals surface area contributed by atoms with E-state index in [-0.39, 0.29) is 23.7 Å². The monoisotopic (exact) mass is 179 g/mol. The van der Waals surface area contributed by atoms with Crippen LogP contribution in [0.3, 0.4) is 0 Å². The van der Waals surface area contributed by atoms with Crippen LogP contribution in [0.5, 0.6) is 0 Å². The highest BCUT2D eigenvalue weighted by molar-refractivity contribution is 6.05. The third-order valence-electron chi connectivity index (χ3n) is 4.15. The largest absolute Gasteiger partial charge is 0.285 e. The molecular formula is C10H13NO2. The fraction of sp³-hybridized carbons (Fsp3) is 0.800. The Bertz CT molecular complexity index is 271. The van der Waals surface area contributed by atoms with Crippen LogP contribution in [0.4, 0.5) is 0 Å². The maximum Gasteiger partial charge on any atom is 0.233 e. The molecule has 0 aromatic rings. The molecule has 3 fully saturated rings. The van der Waals surface area contributed by atoms with Gasteiger partial charge in [-0.25, -0.2) is 0 Å². The number of carbonyl (C=O) groups is 2. The fourth-order valence-electron chi connectivity index (χ4n) is 3.56. The maximum atomic E-state index is 11.7. The van der Waals surface area contributed by atoms with Crippen LogP contribution in [0.1, 0.15) is 19.3 Å². The minimum atomic E-state index is 0.0660. The second-order valence-corrected chi connectivity index (χ2v) is 4.62. The SMILES string of the molecule is CN1C(=O)C2C(C1=O)[C@H]1CC[C@@H]2C1. The van der Waals surface area contributed by atoms with Gasteiger partial charge in [-0.3, -0.25) is 14.5 Å². The van der Waals surface area contributed by atoms with Crippen LogP contribution in [-0.2, 0) is 9.59 Å². The number of carbonyl (C=O) groups excluding carboxylic acids is 2. The van der Waals surface area contributed by atoms with Crippen molar-refractivity contribution in [1.29, 1.82) is 0 Å². The minimum absolute atomic E-state index is 0.0660. The average Bonchev–Trinajstić information content (AvgIpc) is 2.76. The van der Waals surface area contributed by atoms with Gasteiger partial charge in [0.1, 0.15) is 0 Å². The lowest BCUT2D eigenvalue weighted by Crippen LogP contribution is -2.28. The van der Waals surface area contributed by atoms with Crippen LogP contribution >= 0.6 is 0 Å². The van der Waals surface area contributed by atoms with E-state index < -0.39 is 0 Å². The van der Waals surface area contributed by atoms with Gasteiger partial charge in [0.25, 0.3) is 0 Å². The normalized spacial score (nSPS) is 47.6. The Morgan fingerprint density at radius 3 is 2.00 bits per heavy atom. The maximum absolute atomic E-state index is 11.7. The second-order valence-electron chi connectivity index (χ2n) is 4.62. The Labute approximate surface area is 77.1 Å². The summed E-state index contributed by atoms with van der Waals surface area (Å²) in [4.78, 5) is 24.7. The molecule has 0 radical (unpaired) electrons. The number of hydrogen-bond donors (Lipinski definition) is 0. The Hall–Kier alpha value is -0.860. The number of fused-ring (bicyclic) bond motifs is 5. The molecule has 1 saturated heterocycles. The molecule has 0 N–H and O–H groups in total. The van der Waals surface area contributed by atoms with Gasteiger partial charge in [-0.15, -0.1) is 0 Å². The van der Waals surface area contributed by atoms with Crippen molar-refractivity contribution in [2.24, 2.45) is 23.7 Å². The fourth-order valence-corrected chi connectivity index (χ4v) is 3.56. The molecule has 3 nitrogen and oxygen atoms in total. The number of amides is 2. The lowest BCUT2D eigenvalue weighted by atomic mass is 9.81. The zero-order valence-electron chi connectivity index (χ0n) is 7.69. The molecule has 2 saturated carbocycles. The predicted octanol–water partition coefficient (Wildman–Crippen LogP) is 0.647. The van der Waals surface area contributed by atoms with E-state index in [2.05, 4.69) is 0 Å². The zero-order valence-corrected chi connectivity index (χ0v) is 7.69. The summed E-state index contributed by atoms with van der Waals surface area (Å²) >= 11 is 0. The Balaban J connectivity index is 2.03. The van der Waals surface area contributed by atoms with Gasteiger partial charge in [0.05, 0.1) is 11.8 Å². The van der Waals surface area contributed by atoms with Crippen LogP contribution in [0.2, 0.25) is 0 Å². The number of nitrogens with zero attached hydrogens (tertiary/aromatic N) is 1. The molecule has 2 aliphatic carbocycles. The second kappa shape index (κ2) is 2.14. The van der Waals surface area contributed by atoms with E-state index in [9.17, 15) is 9.59 Å². The Morgan fingerprint density at radius 2 is 1.54 bits per heavy atom. The summed E-state index contributed by atoms with van der Waals surface area (Å²) in [6, 6.07) is 0. The molecule has 0 aromatic heterocycles. The topological polar surface area (TPSA) is 37.4 Å². The highest BCUT2D eigenvalue weighted by atomic mass is 16.2.